The summed E-state index contributed by atoms with van der Waals surface area (Å²) in [6, 6.07) is 1.16. The van der Waals surface area contributed by atoms with E-state index in [1.807, 2.05) is 0 Å². The van der Waals surface area contributed by atoms with Gasteiger partial charge >= 0.3 is 0 Å². The Morgan fingerprint density at radius 2 is 1.45 bits per heavy atom. The maximum atomic E-state index is 11.5. The minimum Gasteiger partial charge on any atom is -0.311 e. The Kier molecular flexibility index (Phi) is 5.49. The molecule has 4 nitrogen and oxygen atoms in total. The van der Waals surface area contributed by atoms with Crippen molar-refractivity contribution in [2.24, 2.45) is 11.8 Å². The standard InChI is InChI=1S/C15H30N2O2S/c1-12(2)13-4-6-14(7-5-13)16-15-8-10-17(11-9-15)20(3,18)19/h12-16H,4-11H2,1-3H3. The first-order chi connectivity index (χ1) is 9.36. The summed E-state index contributed by atoms with van der Waals surface area (Å²) in [5.74, 6) is 1.72. The molecule has 0 radical (unpaired) electrons. The maximum absolute atomic E-state index is 11.5. The highest BCUT2D eigenvalue weighted by atomic mass is 32.2. The quantitative estimate of drug-likeness (QED) is 0.866. The van der Waals surface area contributed by atoms with Crippen LogP contribution in [0.25, 0.3) is 0 Å². The van der Waals surface area contributed by atoms with Gasteiger partial charge in [-0.15, -0.1) is 0 Å². The Bertz CT molecular complexity index is 392. The largest absolute Gasteiger partial charge is 0.311 e. The number of hydrogen-bond donors (Lipinski definition) is 1. The molecule has 0 atom stereocenters. The molecule has 2 fully saturated rings. The Morgan fingerprint density at radius 1 is 0.950 bits per heavy atom. The van der Waals surface area contributed by atoms with Crippen molar-refractivity contribution in [1.82, 2.24) is 9.62 Å². The van der Waals surface area contributed by atoms with Gasteiger partial charge in [0.1, 0.15) is 0 Å². The first-order valence-electron chi connectivity index (χ1n) is 8.07. The van der Waals surface area contributed by atoms with Crippen molar-refractivity contribution in [3.05, 3.63) is 0 Å². The van der Waals surface area contributed by atoms with E-state index in [-0.39, 0.29) is 0 Å². The molecule has 0 aromatic rings. The zero-order valence-electron chi connectivity index (χ0n) is 13.1. The zero-order valence-corrected chi connectivity index (χ0v) is 14.0. The smallest absolute Gasteiger partial charge is 0.211 e. The predicted molar refractivity (Wildman–Crippen MR) is 83.2 cm³/mol. The Hall–Kier alpha value is -0.130. The third-order valence-corrected chi connectivity index (χ3v) is 6.41. The molecule has 0 aromatic heterocycles. The molecular formula is C15H30N2O2S. The van der Waals surface area contributed by atoms with E-state index >= 15 is 0 Å². The van der Waals surface area contributed by atoms with Gasteiger partial charge < -0.3 is 5.32 Å². The molecule has 0 bridgehead atoms. The molecule has 5 heteroatoms. The van der Waals surface area contributed by atoms with Crippen LogP contribution in [0.5, 0.6) is 0 Å². The van der Waals surface area contributed by atoms with Gasteiger partial charge in [0, 0.05) is 25.2 Å². The van der Waals surface area contributed by atoms with Crippen molar-refractivity contribution in [3.63, 3.8) is 0 Å². The molecule has 1 saturated heterocycles. The molecule has 2 aliphatic rings. The lowest BCUT2D eigenvalue weighted by atomic mass is 9.79. The van der Waals surface area contributed by atoms with Gasteiger partial charge in [0.2, 0.25) is 10.0 Å². The van der Waals surface area contributed by atoms with E-state index in [2.05, 4.69) is 19.2 Å². The summed E-state index contributed by atoms with van der Waals surface area (Å²) in [5.41, 5.74) is 0. The van der Waals surface area contributed by atoms with E-state index in [1.165, 1.54) is 31.9 Å². The molecule has 0 aromatic carbocycles. The number of sulfonamides is 1. The van der Waals surface area contributed by atoms with Crippen LogP contribution in [0.3, 0.4) is 0 Å². The fourth-order valence-corrected chi connectivity index (χ4v) is 4.51. The predicted octanol–water partition coefficient (Wildman–Crippen LogP) is 2.21. The van der Waals surface area contributed by atoms with Crippen LogP contribution in [0.4, 0.5) is 0 Å². The molecule has 0 unspecified atom stereocenters. The number of nitrogens with zero attached hydrogens (tertiary/aromatic N) is 1. The Balaban J connectivity index is 1.72. The summed E-state index contributed by atoms with van der Waals surface area (Å²) < 4.78 is 24.6. The summed E-state index contributed by atoms with van der Waals surface area (Å²) >= 11 is 0. The van der Waals surface area contributed by atoms with Crippen LogP contribution >= 0.6 is 0 Å². The van der Waals surface area contributed by atoms with Crippen molar-refractivity contribution < 1.29 is 8.42 Å². The van der Waals surface area contributed by atoms with Crippen LogP contribution in [0.2, 0.25) is 0 Å². The normalized spacial score (nSPS) is 30.8. The Labute approximate surface area is 124 Å². The highest BCUT2D eigenvalue weighted by Gasteiger charge is 2.28. The van der Waals surface area contributed by atoms with E-state index in [0.717, 1.165) is 24.7 Å². The molecule has 1 aliphatic heterocycles. The van der Waals surface area contributed by atoms with Crippen LogP contribution in [0.15, 0.2) is 0 Å². The van der Waals surface area contributed by atoms with Gasteiger partial charge in [-0.05, 0) is 50.4 Å². The van der Waals surface area contributed by atoms with E-state index in [4.69, 9.17) is 0 Å². The minimum atomic E-state index is -2.99. The van der Waals surface area contributed by atoms with Crippen LogP contribution in [-0.2, 0) is 10.0 Å². The first-order valence-corrected chi connectivity index (χ1v) is 9.92. The molecule has 1 heterocycles. The second kappa shape index (κ2) is 6.75. The van der Waals surface area contributed by atoms with Gasteiger partial charge in [0.05, 0.1) is 6.26 Å². The van der Waals surface area contributed by atoms with Crippen molar-refractivity contribution >= 4 is 10.0 Å². The monoisotopic (exact) mass is 302 g/mol. The minimum absolute atomic E-state index is 0.508. The van der Waals surface area contributed by atoms with Crippen LogP contribution in [0, 0.1) is 11.8 Å². The number of rotatable bonds is 4. The van der Waals surface area contributed by atoms with Crippen molar-refractivity contribution in [2.75, 3.05) is 19.3 Å². The third-order valence-electron chi connectivity index (χ3n) is 5.11. The molecule has 0 amide bonds. The highest BCUT2D eigenvalue weighted by Crippen LogP contribution is 2.30. The van der Waals surface area contributed by atoms with Crippen molar-refractivity contribution in [3.8, 4) is 0 Å². The van der Waals surface area contributed by atoms with Gasteiger partial charge in [-0.25, -0.2) is 12.7 Å². The van der Waals surface area contributed by atoms with E-state index in [0.29, 0.717) is 25.2 Å². The second-order valence-corrected chi connectivity index (χ2v) is 8.94. The van der Waals surface area contributed by atoms with Gasteiger partial charge in [-0.3, -0.25) is 0 Å². The number of hydrogen-bond acceptors (Lipinski definition) is 3. The van der Waals surface area contributed by atoms with E-state index in [9.17, 15) is 8.42 Å². The molecule has 20 heavy (non-hydrogen) atoms. The van der Waals surface area contributed by atoms with Crippen LogP contribution in [0.1, 0.15) is 52.4 Å². The second-order valence-electron chi connectivity index (χ2n) is 6.96. The fraction of sp³-hybridized carbons (Fsp3) is 1.00. The third kappa shape index (κ3) is 4.43. The van der Waals surface area contributed by atoms with Crippen LogP contribution in [-0.4, -0.2) is 44.2 Å². The highest BCUT2D eigenvalue weighted by molar-refractivity contribution is 7.88. The summed E-state index contributed by atoms with van der Waals surface area (Å²) in [6.07, 6.45) is 8.49. The van der Waals surface area contributed by atoms with E-state index < -0.39 is 10.0 Å². The molecular weight excluding hydrogens is 272 g/mol. The van der Waals surface area contributed by atoms with Crippen molar-refractivity contribution in [1.29, 1.82) is 0 Å². The van der Waals surface area contributed by atoms with Gasteiger partial charge in [0.25, 0.3) is 0 Å². The molecule has 0 spiro atoms. The molecule has 1 aliphatic carbocycles. The summed E-state index contributed by atoms with van der Waals surface area (Å²) in [6.45, 7) is 6.02. The molecule has 1 N–H and O–H groups in total. The molecule has 118 valence electrons. The zero-order chi connectivity index (χ0) is 14.8. The van der Waals surface area contributed by atoms with Gasteiger partial charge in [-0.1, -0.05) is 13.8 Å². The number of nitrogens with one attached hydrogen (secondary N) is 1. The molecule has 1 saturated carbocycles. The summed E-state index contributed by atoms with van der Waals surface area (Å²) in [5, 5.41) is 3.77. The summed E-state index contributed by atoms with van der Waals surface area (Å²) in [4.78, 5) is 0. The average molecular weight is 302 g/mol. The lowest BCUT2D eigenvalue weighted by Gasteiger charge is -2.36. The SMILES string of the molecule is CC(C)C1CCC(NC2CCN(S(C)(=O)=O)CC2)CC1. The fourth-order valence-electron chi connectivity index (χ4n) is 3.64. The lowest BCUT2D eigenvalue weighted by Crippen LogP contribution is -2.48. The summed E-state index contributed by atoms with van der Waals surface area (Å²) in [7, 11) is -2.99. The van der Waals surface area contributed by atoms with Gasteiger partial charge in [0.15, 0.2) is 0 Å². The Morgan fingerprint density at radius 3 is 1.90 bits per heavy atom. The van der Waals surface area contributed by atoms with Crippen LogP contribution < -0.4 is 5.32 Å². The lowest BCUT2D eigenvalue weighted by molar-refractivity contribution is 0.207. The first kappa shape index (κ1) is 16.2. The maximum Gasteiger partial charge on any atom is 0.211 e. The molecule has 2 rings (SSSR count). The van der Waals surface area contributed by atoms with E-state index in [1.54, 1.807) is 4.31 Å². The van der Waals surface area contributed by atoms with Crippen molar-refractivity contribution in [2.45, 2.75) is 64.5 Å². The average Bonchev–Trinajstić information content (AvgIpc) is 2.39. The number of piperidine rings is 1. The topological polar surface area (TPSA) is 49.4 Å². The van der Waals surface area contributed by atoms with Gasteiger partial charge in [-0.2, -0.15) is 0 Å².